The largest absolute Gasteiger partial charge is 0.507 e. The van der Waals surface area contributed by atoms with Crippen LogP contribution in [0.5, 0.6) is 5.75 Å². The minimum absolute atomic E-state index is 0.0140. The molecule has 6 nitrogen and oxygen atoms in total. The second-order valence-corrected chi connectivity index (χ2v) is 6.44. The number of benzene rings is 2. The van der Waals surface area contributed by atoms with Crippen molar-refractivity contribution in [3.63, 3.8) is 0 Å². The van der Waals surface area contributed by atoms with Crippen molar-refractivity contribution >= 4 is 17.4 Å². The molecule has 1 heterocycles. The Morgan fingerprint density at radius 2 is 1.86 bits per heavy atom. The number of carbonyl (C=O) groups is 2. The van der Waals surface area contributed by atoms with Crippen LogP contribution in [0.1, 0.15) is 23.6 Å². The van der Waals surface area contributed by atoms with Crippen molar-refractivity contribution in [1.82, 2.24) is 4.90 Å². The number of ether oxygens (including phenoxy) is 1. The van der Waals surface area contributed by atoms with Gasteiger partial charge in [0.25, 0.3) is 11.7 Å². The first kappa shape index (κ1) is 20.5. The van der Waals surface area contributed by atoms with E-state index in [4.69, 9.17) is 9.84 Å². The van der Waals surface area contributed by atoms with Gasteiger partial charge in [0.05, 0.1) is 18.7 Å². The molecule has 1 aliphatic rings. The van der Waals surface area contributed by atoms with E-state index in [1.165, 1.54) is 43.5 Å². The van der Waals surface area contributed by atoms with E-state index in [0.717, 1.165) is 11.0 Å². The third-order valence-corrected chi connectivity index (χ3v) is 4.72. The molecule has 1 unspecified atom stereocenters. The number of likely N-dealkylation sites (tertiary alicyclic amines) is 1. The summed E-state index contributed by atoms with van der Waals surface area (Å²) in [6.45, 7) is -0.259. The quantitative estimate of drug-likeness (QED) is 0.440. The zero-order valence-electron chi connectivity index (χ0n) is 15.6. The number of ketones is 1. The number of aliphatic hydroxyl groups is 2. The number of halogens is 2. The molecule has 2 aromatic rings. The van der Waals surface area contributed by atoms with Crippen LogP contribution in [0.15, 0.2) is 48.0 Å². The van der Waals surface area contributed by atoms with Crippen LogP contribution < -0.4 is 4.74 Å². The molecule has 0 aliphatic carbocycles. The fourth-order valence-electron chi connectivity index (χ4n) is 3.34. The Morgan fingerprint density at radius 1 is 1.14 bits per heavy atom. The van der Waals surface area contributed by atoms with Gasteiger partial charge in [0.1, 0.15) is 11.6 Å². The molecule has 1 atom stereocenters. The van der Waals surface area contributed by atoms with Crippen LogP contribution in [0.2, 0.25) is 0 Å². The van der Waals surface area contributed by atoms with Gasteiger partial charge in [0.2, 0.25) is 0 Å². The Kier molecular flexibility index (Phi) is 5.93. The van der Waals surface area contributed by atoms with Gasteiger partial charge in [-0.3, -0.25) is 9.59 Å². The van der Waals surface area contributed by atoms with E-state index in [1.54, 1.807) is 0 Å². The van der Waals surface area contributed by atoms with Crippen molar-refractivity contribution in [3.05, 3.63) is 70.8 Å². The number of carbonyl (C=O) groups excluding carboxylic acids is 2. The van der Waals surface area contributed by atoms with Crippen LogP contribution in [0.4, 0.5) is 8.78 Å². The molecule has 0 saturated carbocycles. The lowest BCUT2D eigenvalue weighted by Crippen LogP contribution is -2.31. The zero-order chi connectivity index (χ0) is 21.1. The summed E-state index contributed by atoms with van der Waals surface area (Å²) < 4.78 is 33.4. The Labute approximate surface area is 165 Å². The molecule has 1 aliphatic heterocycles. The summed E-state index contributed by atoms with van der Waals surface area (Å²) in [6.07, 6.45) is 0.162. The molecule has 29 heavy (non-hydrogen) atoms. The summed E-state index contributed by atoms with van der Waals surface area (Å²) in [5.74, 6) is -4.05. The molecule has 1 saturated heterocycles. The van der Waals surface area contributed by atoms with Crippen LogP contribution in [0.3, 0.4) is 0 Å². The number of hydrogen-bond donors (Lipinski definition) is 2. The van der Waals surface area contributed by atoms with Gasteiger partial charge in [-0.1, -0.05) is 18.2 Å². The molecule has 2 aromatic carbocycles. The molecule has 8 heteroatoms. The maximum atomic E-state index is 14.5. The van der Waals surface area contributed by atoms with Crippen LogP contribution in [-0.2, 0) is 9.59 Å². The van der Waals surface area contributed by atoms with Gasteiger partial charge in [-0.25, -0.2) is 8.78 Å². The van der Waals surface area contributed by atoms with Crippen LogP contribution in [-0.4, -0.2) is 47.1 Å². The number of nitrogens with zero attached hydrogens (tertiary/aromatic N) is 1. The maximum absolute atomic E-state index is 14.5. The van der Waals surface area contributed by atoms with Crippen LogP contribution in [0, 0.1) is 11.6 Å². The number of rotatable bonds is 6. The molecule has 1 fully saturated rings. The van der Waals surface area contributed by atoms with E-state index in [1.807, 2.05) is 0 Å². The standard InChI is InChI=1S/C21H19F2NO5/c1-29-16-8-7-12(11-15(16)23)19(26)17-18(13-5-2-3-6-14(13)22)24(9-4-10-25)21(28)20(17)27/h2-3,5-8,11,18,25-26H,4,9-10H2,1H3. The predicted molar refractivity (Wildman–Crippen MR) is 100 cm³/mol. The lowest BCUT2D eigenvalue weighted by molar-refractivity contribution is -0.140. The average Bonchev–Trinajstić information content (AvgIpc) is 2.96. The third kappa shape index (κ3) is 3.71. The van der Waals surface area contributed by atoms with Gasteiger partial charge in [-0.05, 0) is 30.7 Å². The normalized spacial score (nSPS) is 18.3. The molecule has 0 bridgehead atoms. The first-order valence-corrected chi connectivity index (χ1v) is 8.88. The first-order valence-electron chi connectivity index (χ1n) is 8.88. The summed E-state index contributed by atoms with van der Waals surface area (Å²) >= 11 is 0. The highest BCUT2D eigenvalue weighted by Crippen LogP contribution is 2.40. The lowest BCUT2D eigenvalue weighted by atomic mass is 9.95. The maximum Gasteiger partial charge on any atom is 0.295 e. The van der Waals surface area contributed by atoms with Gasteiger partial charge in [0.15, 0.2) is 11.6 Å². The topological polar surface area (TPSA) is 87.1 Å². The van der Waals surface area contributed by atoms with E-state index in [0.29, 0.717) is 0 Å². The Balaban J connectivity index is 2.19. The van der Waals surface area contributed by atoms with Crippen molar-refractivity contribution in [3.8, 4) is 5.75 Å². The number of aliphatic hydroxyl groups excluding tert-OH is 2. The van der Waals surface area contributed by atoms with Gasteiger partial charge < -0.3 is 19.8 Å². The fraction of sp³-hybridized carbons (Fsp3) is 0.238. The number of hydrogen-bond acceptors (Lipinski definition) is 5. The minimum atomic E-state index is -1.20. The highest BCUT2D eigenvalue weighted by Gasteiger charge is 2.46. The first-order chi connectivity index (χ1) is 13.9. The SMILES string of the molecule is COc1ccc(C(O)=C2C(=O)C(=O)N(CCCO)C2c2ccccc2F)cc1F. The van der Waals surface area contributed by atoms with E-state index in [2.05, 4.69) is 0 Å². The van der Waals surface area contributed by atoms with E-state index < -0.39 is 35.1 Å². The van der Waals surface area contributed by atoms with Crippen molar-refractivity contribution in [2.24, 2.45) is 0 Å². The number of amides is 1. The summed E-state index contributed by atoms with van der Waals surface area (Å²) in [7, 11) is 1.28. The van der Waals surface area contributed by atoms with Crippen molar-refractivity contribution in [2.45, 2.75) is 12.5 Å². The van der Waals surface area contributed by atoms with Crippen LogP contribution >= 0.6 is 0 Å². The van der Waals surface area contributed by atoms with Gasteiger partial charge in [-0.2, -0.15) is 0 Å². The predicted octanol–water partition coefficient (Wildman–Crippen LogP) is 2.78. The summed E-state index contributed by atoms with van der Waals surface area (Å²) in [5, 5.41) is 19.9. The lowest BCUT2D eigenvalue weighted by Gasteiger charge is -2.25. The molecule has 0 radical (unpaired) electrons. The van der Waals surface area contributed by atoms with E-state index in [-0.39, 0.29) is 42.0 Å². The molecular formula is C21H19F2NO5. The summed E-state index contributed by atoms with van der Waals surface area (Å²) in [6, 6.07) is 7.94. The minimum Gasteiger partial charge on any atom is -0.507 e. The van der Waals surface area contributed by atoms with Gasteiger partial charge in [-0.15, -0.1) is 0 Å². The van der Waals surface area contributed by atoms with E-state index >= 15 is 0 Å². The number of methoxy groups -OCH3 is 1. The fourth-order valence-corrected chi connectivity index (χ4v) is 3.34. The molecule has 3 rings (SSSR count). The van der Waals surface area contributed by atoms with Gasteiger partial charge in [0, 0.05) is 24.3 Å². The summed E-state index contributed by atoms with van der Waals surface area (Å²) in [5.41, 5.74) is -0.382. The Morgan fingerprint density at radius 3 is 2.48 bits per heavy atom. The molecular weight excluding hydrogens is 384 g/mol. The van der Waals surface area contributed by atoms with Crippen molar-refractivity contribution in [2.75, 3.05) is 20.3 Å². The molecule has 0 spiro atoms. The monoisotopic (exact) mass is 403 g/mol. The Bertz CT molecular complexity index is 989. The smallest absolute Gasteiger partial charge is 0.295 e. The van der Waals surface area contributed by atoms with E-state index in [9.17, 15) is 23.5 Å². The van der Waals surface area contributed by atoms with Crippen molar-refractivity contribution < 1.29 is 33.3 Å². The Hall–Kier alpha value is -3.26. The number of Topliss-reactive ketones (excluding diaryl/α,β-unsaturated/α-hetero) is 1. The summed E-state index contributed by atoms with van der Waals surface area (Å²) in [4.78, 5) is 26.3. The molecule has 1 amide bonds. The highest BCUT2D eigenvalue weighted by molar-refractivity contribution is 6.46. The van der Waals surface area contributed by atoms with Crippen molar-refractivity contribution in [1.29, 1.82) is 0 Å². The zero-order valence-corrected chi connectivity index (χ0v) is 15.6. The second-order valence-electron chi connectivity index (χ2n) is 6.44. The van der Waals surface area contributed by atoms with Crippen LogP contribution in [0.25, 0.3) is 5.76 Å². The third-order valence-electron chi connectivity index (χ3n) is 4.72. The van der Waals surface area contributed by atoms with Gasteiger partial charge >= 0.3 is 0 Å². The average molecular weight is 403 g/mol. The second kappa shape index (κ2) is 8.40. The molecule has 0 aromatic heterocycles. The molecule has 152 valence electrons. The molecule has 2 N–H and O–H groups in total. The highest BCUT2D eigenvalue weighted by atomic mass is 19.1.